The van der Waals surface area contributed by atoms with E-state index in [1.54, 1.807) is 7.05 Å². The minimum atomic E-state index is -0.571. The van der Waals surface area contributed by atoms with Crippen molar-refractivity contribution in [3.63, 3.8) is 0 Å². The number of β-amino-alcohol motifs (C(OH)–C–C–N with tert-alkyl or cyclic N) is 1. The zero-order chi connectivity index (χ0) is 13.4. The summed E-state index contributed by atoms with van der Waals surface area (Å²) in [6.45, 7) is 4.39. The topological polar surface area (TPSA) is 72.9 Å². The summed E-state index contributed by atoms with van der Waals surface area (Å²) in [5.41, 5.74) is 2.86. The van der Waals surface area contributed by atoms with Crippen molar-refractivity contribution >= 4 is 11.8 Å². The van der Waals surface area contributed by atoms with E-state index >= 15 is 0 Å². The molecule has 2 heterocycles. The van der Waals surface area contributed by atoms with Crippen LogP contribution in [0.4, 0.5) is 0 Å². The minimum absolute atomic E-state index is 0.0669. The summed E-state index contributed by atoms with van der Waals surface area (Å²) in [7, 11) is 1.67. The average molecular weight is 255 g/mol. The Morgan fingerprint density at radius 2 is 2.06 bits per heavy atom. The van der Waals surface area contributed by atoms with Gasteiger partial charge in [0.2, 0.25) is 5.91 Å². The summed E-state index contributed by atoms with van der Waals surface area (Å²) in [5.74, 6) is 0.190. The van der Waals surface area contributed by atoms with Crippen molar-refractivity contribution in [1.29, 1.82) is 0 Å². The summed E-state index contributed by atoms with van der Waals surface area (Å²) in [6.07, 6.45) is 0.406. The lowest BCUT2D eigenvalue weighted by molar-refractivity contribution is -0.170. The monoisotopic (exact) mass is 255 g/mol. The van der Waals surface area contributed by atoms with Crippen LogP contribution in [0, 0.1) is 5.92 Å². The number of fused-ring (bicyclic) bond motifs is 1. The zero-order valence-electron chi connectivity index (χ0n) is 11.1. The standard InChI is InChI=1S/C12H21N3O3/c1-7(2)4-9-12(18)15-10(11(17)14(9)3)5-8(16)6-13-15/h7-10,13,16H,4-6H2,1-3H3/t8-,9+,10-/m1/s1. The van der Waals surface area contributed by atoms with Crippen LogP contribution in [-0.2, 0) is 9.59 Å². The Bertz CT molecular complexity index is 358. The van der Waals surface area contributed by atoms with E-state index in [0.29, 0.717) is 25.3 Å². The van der Waals surface area contributed by atoms with Crippen LogP contribution in [-0.4, -0.2) is 58.6 Å². The number of carbonyl (C=O) groups excluding carboxylic acids is 2. The van der Waals surface area contributed by atoms with E-state index in [0.717, 1.165) is 0 Å². The Morgan fingerprint density at radius 3 is 2.67 bits per heavy atom. The lowest BCUT2D eigenvalue weighted by Crippen LogP contribution is -2.70. The van der Waals surface area contributed by atoms with E-state index < -0.39 is 18.2 Å². The first-order valence-electron chi connectivity index (χ1n) is 6.43. The summed E-state index contributed by atoms with van der Waals surface area (Å²) < 4.78 is 0. The molecule has 0 radical (unpaired) electrons. The van der Waals surface area contributed by atoms with Crippen molar-refractivity contribution < 1.29 is 14.7 Å². The number of nitrogens with one attached hydrogen (secondary N) is 1. The molecule has 0 saturated carbocycles. The molecule has 2 saturated heterocycles. The van der Waals surface area contributed by atoms with E-state index in [-0.39, 0.29) is 11.8 Å². The Morgan fingerprint density at radius 1 is 1.39 bits per heavy atom. The maximum atomic E-state index is 12.3. The zero-order valence-corrected chi connectivity index (χ0v) is 11.1. The van der Waals surface area contributed by atoms with Crippen LogP contribution in [0.25, 0.3) is 0 Å². The van der Waals surface area contributed by atoms with Gasteiger partial charge in [0, 0.05) is 20.0 Å². The van der Waals surface area contributed by atoms with Crippen LogP contribution in [0.2, 0.25) is 0 Å². The van der Waals surface area contributed by atoms with Crippen molar-refractivity contribution in [1.82, 2.24) is 15.3 Å². The lowest BCUT2D eigenvalue weighted by atomic mass is 9.95. The van der Waals surface area contributed by atoms with Gasteiger partial charge in [-0.05, 0) is 12.3 Å². The predicted octanol–water partition coefficient (Wildman–Crippen LogP) is -0.660. The number of nitrogens with zero attached hydrogens (tertiary/aromatic N) is 2. The Hall–Kier alpha value is -1.14. The number of carbonyl (C=O) groups is 2. The van der Waals surface area contributed by atoms with E-state index in [9.17, 15) is 14.7 Å². The number of amides is 2. The van der Waals surface area contributed by atoms with Gasteiger partial charge in [-0.2, -0.15) is 0 Å². The molecule has 2 N–H and O–H groups in total. The van der Waals surface area contributed by atoms with Gasteiger partial charge in [0.05, 0.1) is 6.10 Å². The first-order chi connectivity index (χ1) is 8.41. The quantitative estimate of drug-likeness (QED) is 0.687. The average Bonchev–Trinajstić information content (AvgIpc) is 2.31. The smallest absolute Gasteiger partial charge is 0.260 e. The van der Waals surface area contributed by atoms with Crippen molar-refractivity contribution in [2.75, 3.05) is 13.6 Å². The minimum Gasteiger partial charge on any atom is -0.392 e. The molecule has 0 aliphatic carbocycles. The van der Waals surface area contributed by atoms with Crippen LogP contribution >= 0.6 is 0 Å². The summed E-state index contributed by atoms with van der Waals surface area (Å²) in [4.78, 5) is 26.1. The highest BCUT2D eigenvalue weighted by atomic mass is 16.3. The molecule has 2 aliphatic rings. The van der Waals surface area contributed by atoms with Crippen LogP contribution in [0.5, 0.6) is 0 Å². The van der Waals surface area contributed by atoms with Crippen molar-refractivity contribution in [2.24, 2.45) is 5.92 Å². The van der Waals surface area contributed by atoms with Crippen LogP contribution in [0.3, 0.4) is 0 Å². The van der Waals surface area contributed by atoms with Gasteiger partial charge in [-0.3, -0.25) is 14.6 Å². The summed E-state index contributed by atoms with van der Waals surface area (Å²) in [5, 5.41) is 11.0. The second-order valence-electron chi connectivity index (χ2n) is 5.57. The third kappa shape index (κ3) is 2.22. The summed E-state index contributed by atoms with van der Waals surface area (Å²) in [6, 6.07) is -0.953. The molecule has 0 unspecified atom stereocenters. The van der Waals surface area contributed by atoms with Crippen LogP contribution in [0.15, 0.2) is 0 Å². The van der Waals surface area contributed by atoms with E-state index in [1.165, 1.54) is 9.91 Å². The fourth-order valence-corrected chi connectivity index (χ4v) is 2.62. The molecule has 2 amide bonds. The number of hydrogen-bond donors (Lipinski definition) is 2. The van der Waals surface area contributed by atoms with Crippen molar-refractivity contribution in [2.45, 2.75) is 44.9 Å². The van der Waals surface area contributed by atoms with E-state index in [4.69, 9.17) is 0 Å². The molecule has 0 aromatic rings. The first kappa shape index (κ1) is 13.3. The van der Waals surface area contributed by atoms with Gasteiger partial charge in [-0.15, -0.1) is 0 Å². The lowest BCUT2D eigenvalue weighted by Gasteiger charge is -2.47. The maximum Gasteiger partial charge on any atom is 0.260 e. The number of piperazine rings is 1. The van der Waals surface area contributed by atoms with Crippen LogP contribution < -0.4 is 5.43 Å². The Labute approximate surface area is 107 Å². The molecule has 0 spiro atoms. The normalized spacial score (nSPS) is 33.1. The number of rotatable bonds is 2. The molecule has 18 heavy (non-hydrogen) atoms. The fourth-order valence-electron chi connectivity index (χ4n) is 2.62. The molecule has 3 atom stereocenters. The molecule has 2 rings (SSSR count). The molecule has 102 valence electrons. The van der Waals surface area contributed by atoms with Crippen molar-refractivity contribution in [3.8, 4) is 0 Å². The fraction of sp³-hybridized carbons (Fsp3) is 0.833. The molecule has 6 nitrogen and oxygen atoms in total. The van der Waals surface area contributed by atoms with Gasteiger partial charge in [-0.25, -0.2) is 5.43 Å². The number of aliphatic hydroxyl groups is 1. The number of hydrazine groups is 1. The molecule has 2 fully saturated rings. The molecule has 6 heteroatoms. The Kier molecular flexibility index (Phi) is 3.59. The molecule has 2 aliphatic heterocycles. The first-order valence-corrected chi connectivity index (χ1v) is 6.43. The van der Waals surface area contributed by atoms with Gasteiger partial charge < -0.3 is 10.0 Å². The highest BCUT2D eigenvalue weighted by Gasteiger charge is 2.46. The molecular formula is C12H21N3O3. The number of hydrogen-bond acceptors (Lipinski definition) is 4. The molecule has 0 aromatic carbocycles. The van der Waals surface area contributed by atoms with E-state index in [2.05, 4.69) is 5.43 Å². The van der Waals surface area contributed by atoms with Crippen LogP contribution in [0.1, 0.15) is 26.7 Å². The van der Waals surface area contributed by atoms with E-state index in [1.807, 2.05) is 13.8 Å². The molecule has 0 bridgehead atoms. The number of aliphatic hydroxyl groups excluding tert-OH is 1. The third-order valence-electron chi connectivity index (χ3n) is 3.62. The molecule has 0 aromatic heterocycles. The maximum absolute atomic E-state index is 12.3. The summed E-state index contributed by atoms with van der Waals surface area (Å²) >= 11 is 0. The highest BCUT2D eigenvalue weighted by molar-refractivity contribution is 5.96. The second-order valence-corrected chi connectivity index (χ2v) is 5.57. The SMILES string of the molecule is CC(C)C[C@H]1C(=O)N2NC[C@H](O)C[C@@H]2C(=O)N1C. The molecular weight excluding hydrogens is 234 g/mol. The number of likely N-dealkylation sites (N-methyl/N-ethyl adjacent to an activating group) is 1. The predicted molar refractivity (Wildman–Crippen MR) is 65.3 cm³/mol. The van der Waals surface area contributed by atoms with Gasteiger partial charge >= 0.3 is 0 Å². The highest BCUT2D eigenvalue weighted by Crippen LogP contribution is 2.24. The largest absolute Gasteiger partial charge is 0.392 e. The Balaban J connectivity index is 2.20. The van der Waals surface area contributed by atoms with Gasteiger partial charge in [0.25, 0.3) is 5.91 Å². The van der Waals surface area contributed by atoms with Gasteiger partial charge in [-0.1, -0.05) is 13.8 Å². The van der Waals surface area contributed by atoms with Gasteiger partial charge in [0.1, 0.15) is 12.1 Å². The van der Waals surface area contributed by atoms with Crippen molar-refractivity contribution in [3.05, 3.63) is 0 Å². The van der Waals surface area contributed by atoms with Gasteiger partial charge in [0.15, 0.2) is 0 Å². The third-order valence-corrected chi connectivity index (χ3v) is 3.62. The second kappa shape index (κ2) is 4.85.